The van der Waals surface area contributed by atoms with Gasteiger partial charge in [-0.1, -0.05) is 19.9 Å². The Morgan fingerprint density at radius 3 is 2.76 bits per heavy atom. The normalized spacial score (nSPS) is 21.1. The minimum Gasteiger partial charge on any atom is -0.336 e. The number of carbonyl (C=O) groups excluding carboxylic acids is 1. The molecule has 0 N–H and O–H groups in total. The minimum absolute atomic E-state index is 0.190. The van der Waals surface area contributed by atoms with E-state index in [1.165, 1.54) is 6.42 Å². The largest absolute Gasteiger partial charge is 0.336 e. The second-order valence-corrected chi connectivity index (χ2v) is 5.62. The molecule has 1 amide bonds. The molecule has 0 aliphatic carbocycles. The molecular weight excluding hydrogens is 212 g/mol. The van der Waals surface area contributed by atoms with E-state index in [4.69, 9.17) is 0 Å². The van der Waals surface area contributed by atoms with Gasteiger partial charge in [-0.3, -0.25) is 4.79 Å². The molecule has 1 rings (SSSR count). The van der Waals surface area contributed by atoms with E-state index in [0.717, 1.165) is 25.9 Å². The first-order valence-corrected chi connectivity index (χ1v) is 6.62. The third kappa shape index (κ3) is 4.90. The number of carbonyl (C=O) groups is 1. The first kappa shape index (κ1) is 14.2. The Labute approximate surface area is 105 Å². The third-order valence-corrected chi connectivity index (χ3v) is 3.13. The molecule has 1 aliphatic heterocycles. The van der Waals surface area contributed by atoms with Gasteiger partial charge in [0.25, 0.3) is 0 Å². The lowest BCUT2D eigenvalue weighted by molar-refractivity contribution is -0.127. The maximum Gasteiger partial charge on any atom is 0.246 e. The van der Waals surface area contributed by atoms with E-state index in [-0.39, 0.29) is 5.91 Å². The smallest absolute Gasteiger partial charge is 0.246 e. The number of hydrogen-bond acceptors (Lipinski definition) is 2. The van der Waals surface area contributed by atoms with E-state index < -0.39 is 0 Å². The topological polar surface area (TPSA) is 23.6 Å². The number of rotatable bonds is 5. The molecule has 0 aromatic carbocycles. The molecule has 1 saturated heterocycles. The van der Waals surface area contributed by atoms with Crippen molar-refractivity contribution in [1.29, 1.82) is 0 Å². The van der Waals surface area contributed by atoms with Gasteiger partial charge in [-0.05, 0) is 39.3 Å². The molecule has 17 heavy (non-hydrogen) atoms. The van der Waals surface area contributed by atoms with Gasteiger partial charge in [0, 0.05) is 25.2 Å². The molecule has 0 unspecified atom stereocenters. The van der Waals surface area contributed by atoms with E-state index in [1.54, 1.807) is 6.08 Å². The fourth-order valence-electron chi connectivity index (χ4n) is 2.38. The summed E-state index contributed by atoms with van der Waals surface area (Å²) in [5.74, 6) is 0.856. The highest BCUT2D eigenvalue weighted by Crippen LogP contribution is 2.23. The fraction of sp³-hybridized carbons (Fsp3) is 0.786. The second kappa shape index (κ2) is 6.80. The summed E-state index contributed by atoms with van der Waals surface area (Å²) in [6.45, 7) is 6.21. The standard InChI is InChI=1S/C14H26N2O/c1-12(2)11-13-7-5-10-16(13)14(17)8-6-9-15(3)4/h6,8,12-13H,5,7,9-11H2,1-4H3/b8-6+/t13-/m1/s1. The van der Waals surface area contributed by atoms with Crippen LogP contribution in [0.5, 0.6) is 0 Å². The Morgan fingerprint density at radius 2 is 2.18 bits per heavy atom. The van der Waals surface area contributed by atoms with Gasteiger partial charge >= 0.3 is 0 Å². The summed E-state index contributed by atoms with van der Waals surface area (Å²) in [5.41, 5.74) is 0. The quantitative estimate of drug-likeness (QED) is 0.685. The van der Waals surface area contributed by atoms with Crippen molar-refractivity contribution in [2.24, 2.45) is 5.92 Å². The van der Waals surface area contributed by atoms with Gasteiger partial charge in [-0.2, -0.15) is 0 Å². The molecule has 1 fully saturated rings. The maximum absolute atomic E-state index is 12.0. The number of nitrogens with zero attached hydrogens (tertiary/aromatic N) is 2. The zero-order valence-corrected chi connectivity index (χ0v) is 11.6. The number of likely N-dealkylation sites (tertiary alicyclic amines) is 1. The van der Waals surface area contributed by atoms with Crippen LogP contribution in [0, 0.1) is 5.92 Å². The number of likely N-dealkylation sites (N-methyl/N-ethyl adjacent to an activating group) is 1. The molecule has 0 bridgehead atoms. The summed E-state index contributed by atoms with van der Waals surface area (Å²) < 4.78 is 0. The van der Waals surface area contributed by atoms with Gasteiger partial charge in [0.1, 0.15) is 0 Å². The zero-order valence-electron chi connectivity index (χ0n) is 11.6. The van der Waals surface area contributed by atoms with Gasteiger partial charge < -0.3 is 9.80 Å². The Morgan fingerprint density at radius 1 is 1.47 bits per heavy atom. The lowest BCUT2D eigenvalue weighted by atomic mass is 10.0. The van der Waals surface area contributed by atoms with E-state index in [1.807, 2.05) is 25.1 Å². The van der Waals surface area contributed by atoms with Crippen LogP contribution in [-0.2, 0) is 4.79 Å². The number of hydrogen-bond donors (Lipinski definition) is 0. The van der Waals surface area contributed by atoms with Crippen molar-refractivity contribution >= 4 is 5.91 Å². The highest BCUT2D eigenvalue weighted by Gasteiger charge is 2.27. The summed E-state index contributed by atoms with van der Waals surface area (Å²) in [5, 5.41) is 0. The molecule has 3 heteroatoms. The van der Waals surface area contributed by atoms with Crippen LogP contribution in [0.1, 0.15) is 33.1 Å². The van der Waals surface area contributed by atoms with Crippen LogP contribution >= 0.6 is 0 Å². The number of amides is 1. The molecule has 98 valence electrons. The molecule has 0 aromatic rings. The molecule has 0 radical (unpaired) electrons. The van der Waals surface area contributed by atoms with E-state index in [0.29, 0.717) is 12.0 Å². The molecule has 0 spiro atoms. The molecule has 0 saturated carbocycles. The highest BCUT2D eigenvalue weighted by atomic mass is 16.2. The average Bonchev–Trinajstić information content (AvgIpc) is 2.64. The molecule has 0 aromatic heterocycles. The van der Waals surface area contributed by atoms with Crippen molar-refractivity contribution in [3.05, 3.63) is 12.2 Å². The van der Waals surface area contributed by atoms with Gasteiger partial charge in [-0.15, -0.1) is 0 Å². The van der Waals surface area contributed by atoms with Gasteiger partial charge in [0.15, 0.2) is 0 Å². The predicted molar refractivity (Wildman–Crippen MR) is 71.9 cm³/mol. The van der Waals surface area contributed by atoms with E-state index in [9.17, 15) is 4.79 Å². The van der Waals surface area contributed by atoms with Crippen molar-refractivity contribution in [2.45, 2.75) is 39.2 Å². The summed E-state index contributed by atoms with van der Waals surface area (Å²) >= 11 is 0. The van der Waals surface area contributed by atoms with Crippen molar-refractivity contribution in [2.75, 3.05) is 27.2 Å². The van der Waals surface area contributed by atoms with Crippen LogP contribution < -0.4 is 0 Å². The monoisotopic (exact) mass is 238 g/mol. The average molecular weight is 238 g/mol. The van der Waals surface area contributed by atoms with Crippen LogP contribution in [0.3, 0.4) is 0 Å². The summed E-state index contributed by atoms with van der Waals surface area (Å²) in [6.07, 6.45) is 7.15. The predicted octanol–water partition coefficient (Wildman–Crippen LogP) is 2.14. The molecule has 1 aliphatic rings. The third-order valence-electron chi connectivity index (χ3n) is 3.13. The molecule has 3 nitrogen and oxygen atoms in total. The van der Waals surface area contributed by atoms with Crippen molar-refractivity contribution < 1.29 is 4.79 Å². The Bertz CT molecular complexity index is 271. The highest BCUT2D eigenvalue weighted by molar-refractivity contribution is 5.88. The van der Waals surface area contributed by atoms with Gasteiger partial charge in [0.05, 0.1) is 0 Å². The lowest BCUT2D eigenvalue weighted by Gasteiger charge is -2.25. The zero-order chi connectivity index (χ0) is 12.8. The van der Waals surface area contributed by atoms with Crippen LogP contribution in [0.15, 0.2) is 12.2 Å². The first-order chi connectivity index (χ1) is 8.00. The molecule has 1 atom stereocenters. The van der Waals surface area contributed by atoms with Gasteiger partial charge in [0.2, 0.25) is 5.91 Å². The van der Waals surface area contributed by atoms with E-state index >= 15 is 0 Å². The molecular formula is C14H26N2O. The SMILES string of the molecule is CC(C)C[C@H]1CCCN1C(=O)/C=C/CN(C)C. The second-order valence-electron chi connectivity index (χ2n) is 5.62. The Balaban J connectivity index is 2.47. The molecule has 1 heterocycles. The Hall–Kier alpha value is -0.830. The van der Waals surface area contributed by atoms with Crippen molar-refractivity contribution in [3.8, 4) is 0 Å². The summed E-state index contributed by atoms with van der Waals surface area (Å²) in [4.78, 5) is 16.1. The van der Waals surface area contributed by atoms with Crippen LogP contribution in [0.25, 0.3) is 0 Å². The van der Waals surface area contributed by atoms with Crippen molar-refractivity contribution in [3.63, 3.8) is 0 Å². The summed E-state index contributed by atoms with van der Waals surface area (Å²) in [6, 6.07) is 0.464. The van der Waals surface area contributed by atoms with Crippen LogP contribution in [-0.4, -0.2) is 48.9 Å². The van der Waals surface area contributed by atoms with Crippen LogP contribution in [0.4, 0.5) is 0 Å². The fourth-order valence-corrected chi connectivity index (χ4v) is 2.38. The van der Waals surface area contributed by atoms with Gasteiger partial charge in [-0.25, -0.2) is 0 Å². The van der Waals surface area contributed by atoms with Crippen molar-refractivity contribution in [1.82, 2.24) is 9.80 Å². The van der Waals surface area contributed by atoms with Crippen LogP contribution in [0.2, 0.25) is 0 Å². The Kier molecular flexibility index (Phi) is 5.69. The summed E-state index contributed by atoms with van der Waals surface area (Å²) in [7, 11) is 4.01. The maximum atomic E-state index is 12.0. The first-order valence-electron chi connectivity index (χ1n) is 6.62. The van der Waals surface area contributed by atoms with E-state index in [2.05, 4.69) is 18.7 Å². The lowest BCUT2D eigenvalue weighted by Crippen LogP contribution is -2.35. The minimum atomic E-state index is 0.190.